The SMILES string of the molecule is CCOCc1ccccc1CNC(=NC)NC(C)COC. The lowest BCUT2D eigenvalue weighted by atomic mass is 10.1. The summed E-state index contributed by atoms with van der Waals surface area (Å²) >= 11 is 0. The van der Waals surface area contributed by atoms with Crippen molar-refractivity contribution in [2.45, 2.75) is 33.0 Å². The first-order chi connectivity index (χ1) is 10.2. The second kappa shape index (κ2) is 10.2. The van der Waals surface area contributed by atoms with E-state index in [1.54, 1.807) is 14.2 Å². The molecule has 2 N–H and O–H groups in total. The lowest BCUT2D eigenvalue weighted by molar-refractivity contribution is 0.133. The molecule has 1 aromatic rings. The molecule has 118 valence electrons. The van der Waals surface area contributed by atoms with Gasteiger partial charge in [0.15, 0.2) is 5.96 Å². The molecule has 1 rings (SSSR count). The maximum Gasteiger partial charge on any atom is 0.191 e. The summed E-state index contributed by atoms with van der Waals surface area (Å²) in [5.74, 6) is 0.769. The van der Waals surface area contributed by atoms with Gasteiger partial charge >= 0.3 is 0 Å². The third-order valence-corrected chi connectivity index (χ3v) is 3.05. The third kappa shape index (κ3) is 6.60. The summed E-state index contributed by atoms with van der Waals surface area (Å²) in [6, 6.07) is 8.48. The highest BCUT2D eigenvalue weighted by Crippen LogP contribution is 2.09. The fourth-order valence-electron chi connectivity index (χ4n) is 1.98. The van der Waals surface area contributed by atoms with Gasteiger partial charge < -0.3 is 20.1 Å². The Labute approximate surface area is 127 Å². The number of methoxy groups -OCH3 is 1. The zero-order valence-corrected chi connectivity index (χ0v) is 13.5. The van der Waals surface area contributed by atoms with Crippen molar-refractivity contribution in [3.63, 3.8) is 0 Å². The summed E-state index contributed by atoms with van der Waals surface area (Å²) in [4.78, 5) is 4.22. The molecule has 0 saturated heterocycles. The van der Waals surface area contributed by atoms with Crippen molar-refractivity contribution < 1.29 is 9.47 Å². The number of nitrogens with one attached hydrogen (secondary N) is 2. The van der Waals surface area contributed by atoms with Gasteiger partial charge in [0.25, 0.3) is 0 Å². The number of ether oxygens (including phenoxy) is 2. The zero-order chi connectivity index (χ0) is 15.5. The molecule has 0 amide bonds. The lowest BCUT2D eigenvalue weighted by Gasteiger charge is -2.18. The molecule has 0 spiro atoms. The predicted molar refractivity (Wildman–Crippen MR) is 86.4 cm³/mol. The molecule has 0 radical (unpaired) electrons. The molecule has 0 aliphatic rings. The molecule has 21 heavy (non-hydrogen) atoms. The van der Waals surface area contributed by atoms with Crippen LogP contribution in [-0.4, -0.2) is 39.4 Å². The van der Waals surface area contributed by atoms with Gasteiger partial charge in [-0.3, -0.25) is 4.99 Å². The number of nitrogens with zero attached hydrogens (tertiary/aromatic N) is 1. The molecule has 1 aromatic carbocycles. The Bertz CT molecular complexity index is 435. The van der Waals surface area contributed by atoms with Gasteiger partial charge in [-0.2, -0.15) is 0 Å². The number of hydrogen-bond acceptors (Lipinski definition) is 3. The van der Waals surface area contributed by atoms with Gasteiger partial charge in [0.1, 0.15) is 0 Å². The zero-order valence-electron chi connectivity index (χ0n) is 13.5. The van der Waals surface area contributed by atoms with E-state index in [1.165, 1.54) is 11.1 Å². The number of hydrogen-bond donors (Lipinski definition) is 2. The van der Waals surface area contributed by atoms with Crippen molar-refractivity contribution in [3.05, 3.63) is 35.4 Å². The Kier molecular flexibility index (Phi) is 8.47. The highest BCUT2D eigenvalue weighted by molar-refractivity contribution is 5.79. The number of guanidine groups is 1. The minimum absolute atomic E-state index is 0.208. The summed E-state index contributed by atoms with van der Waals surface area (Å²) in [6.07, 6.45) is 0. The Balaban J connectivity index is 2.56. The minimum atomic E-state index is 0.208. The summed E-state index contributed by atoms with van der Waals surface area (Å²) < 4.78 is 10.6. The van der Waals surface area contributed by atoms with Crippen molar-refractivity contribution in [3.8, 4) is 0 Å². The molecule has 0 aromatic heterocycles. The van der Waals surface area contributed by atoms with Gasteiger partial charge in [-0.05, 0) is 25.0 Å². The van der Waals surface area contributed by atoms with Crippen LogP contribution < -0.4 is 10.6 Å². The van der Waals surface area contributed by atoms with E-state index >= 15 is 0 Å². The predicted octanol–water partition coefficient (Wildman–Crippen LogP) is 1.92. The van der Waals surface area contributed by atoms with Gasteiger partial charge in [0.05, 0.1) is 13.2 Å². The van der Waals surface area contributed by atoms with E-state index in [9.17, 15) is 0 Å². The summed E-state index contributed by atoms with van der Waals surface area (Å²) in [6.45, 7) is 6.77. The van der Waals surface area contributed by atoms with E-state index in [0.29, 0.717) is 19.8 Å². The van der Waals surface area contributed by atoms with Crippen LogP contribution in [0.25, 0.3) is 0 Å². The summed E-state index contributed by atoms with van der Waals surface area (Å²) in [5.41, 5.74) is 2.42. The molecule has 5 nitrogen and oxygen atoms in total. The van der Waals surface area contributed by atoms with E-state index in [4.69, 9.17) is 9.47 Å². The first-order valence-corrected chi connectivity index (χ1v) is 7.31. The molecule has 0 aliphatic heterocycles. The monoisotopic (exact) mass is 293 g/mol. The first-order valence-electron chi connectivity index (χ1n) is 7.31. The van der Waals surface area contributed by atoms with Gasteiger partial charge in [-0.15, -0.1) is 0 Å². The van der Waals surface area contributed by atoms with Crippen LogP contribution in [0, 0.1) is 0 Å². The Morgan fingerprint density at radius 3 is 2.62 bits per heavy atom. The normalized spacial score (nSPS) is 13.0. The number of benzene rings is 1. The van der Waals surface area contributed by atoms with Gasteiger partial charge in [0, 0.05) is 33.4 Å². The van der Waals surface area contributed by atoms with Crippen molar-refractivity contribution >= 4 is 5.96 Å². The van der Waals surface area contributed by atoms with Crippen LogP contribution in [-0.2, 0) is 22.6 Å². The average Bonchev–Trinajstić information content (AvgIpc) is 2.50. The fourth-order valence-corrected chi connectivity index (χ4v) is 1.98. The largest absolute Gasteiger partial charge is 0.383 e. The third-order valence-electron chi connectivity index (χ3n) is 3.05. The summed E-state index contributed by atoms with van der Waals surface area (Å²) in [7, 11) is 3.46. The van der Waals surface area contributed by atoms with Crippen LogP contribution >= 0.6 is 0 Å². The Morgan fingerprint density at radius 1 is 1.29 bits per heavy atom. The smallest absolute Gasteiger partial charge is 0.191 e. The quantitative estimate of drug-likeness (QED) is 0.568. The maximum atomic E-state index is 5.50. The Morgan fingerprint density at radius 2 is 2.00 bits per heavy atom. The Hall–Kier alpha value is -1.59. The molecule has 0 aliphatic carbocycles. The van der Waals surface area contributed by atoms with E-state index < -0.39 is 0 Å². The van der Waals surface area contributed by atoms with Crippen LogP contribution in [0.5, 0.6) is 0 Å². The van der Waals surface area contributed by atoms with E-state index in [2.05, 4.69) is 34.7 Å². The first kappa shape index (κ1) is 17.5. The maximum absolute atomic E-state index is 5.50. The van der Waals surface area contributed by atoms with Gasteiger partial charge in [0.2, 0.25) is 0 Å². The fraction of sp³-hybridized carbons (Fsp3) is 0.562. The minimum Gasteiger partial charge on any atom is -0.383 e. The van der Waals surface area contributed by atoms with Crippen molar-refractivity contribution in [1.29, 1.82) is 0 Å². The topological polar surface area (TPSA) is 54.9 Å². The molecule has 5 heteroatoms. The standard InChI is InChI=1S/C16H27N3O2/c1-5-21-12-15-9-7-6-8-14(15)10-18-16(17-3)19-13(2)11-20-4/h6-9,13H,5,10-12H2,1-4H3,(H2,17,18,19). The average molecular weight is 293 g/mol. The van der Waals surface area contributed by atoms with Crippen LogP contribution in [0.15, 0.2) is 29.3 Å². The summed E-state index contributed by atoms with van der Waals surface area (Å²) in [5, 5.41) is 6.60. The highest BCUT2D eigenvalue weighted by Gasteiger charge is 2.06. The van der Waals surface area contributed by atoms with Crippen molar-refractivity contribution in [1.82, 2.24) is 10.6 Å². The second-order valence-corrected chi connectivity index (χ2v) is 4.83. The molecule has 0 bridgehead atoms. The van der Waals surface area contributed by atoms with E-state index in [-0.39, 0.29) is 6.04 Å². The van der Waals surface area contributed by atoms with Crippen molar-refractivity contribution in [2.24, 2.45) is 4.99 Å². The van der Waals surface area contributed by atoms with Gasteiger partial charge in [-0.25, -0.2) is 0 Å². The van der Waals surface area contributed by atoms with Gasteiger partial charge in [-0.1, -0.05) is 24.3 Å². The number of aliphatic imine (C=N–C) groups is 1. The van der Waals surface area contributed by atoms with Crippen LogP contribution in [0.3, 0.4) is 0 Å². The van der Waals surface area contributed by atoms with E-state index in [0.717, 1.165) is 12.6 Å². The van der Waals surface area contributed by atoms with Crippen LogP contribution in [0.4, 0.5) is 0 Å². The van der Waals surface area contributed by atoms with Crippen LogP contribution in [0.2, 0.25) is 0 Å². The second-order valence-electron chi connectivity index (χ2n) is 4.83. The molecule has 0 heterocycles. The lowest BCUT2D eigenvalue weighted by Crippen LogP contribution is -2.43. The van der Waals surface area contributed by atoms with Crippen molar-refractivity contribution in [2.75, 3.05) is 27.4 Å². The highest BCUT2D eigenvalue weighted by atomic mass is 16.5. The molecule has 1 atom stereocenters. The number of rotatable bonds is 8. The molecule has 1 unspecified atom stereocenters. The molecular weight excluding hydrogens is 266 g/mol. The molecule has 0 saturated carbocycles. The molecule has 0 fully saturated rings. The molecular formula is C16H27N3O2. The van der Waals surface area contributed by atoms with Crippen LogP contribution in [0.1, 0.15) is 25.0 Å². The van der Waals surface area contributed by atoms with E-state index in [1.807, 2.05) is 19.1 Å².